The molecule has 0 bridgehead atoms. The minimum absolute atomic E-state index is 0.000612. The highest BCUT2D eigenvalue weighted by molar-refractivity contribution is 8.00. The summed E-state index contributed by atoms with van der Waals surface area (Å²) in [7, 11) is 0. The van der Waals surface area contributed by atoms with E-state index in [9.17, 15) is 73.2 Å². The number of aliphatic carboxylic acids is 1. The summed E-state index contributed by atoms with van der Waals surface area (Å²) in [5, 5.41) is 62.8. The van der Waals surface area contributed by atoms with Gasteiger partial charge in [0.25, 0.3) is 0 Å². The monoisotopic (exact) mass is 1200 g/mol. The molecule has 19 N–H and O–H groups in total. The number of carbonyl (C=O) groups is 11. The molecule has 28 nitrogen and oxygen atoms in total. The average molecular weight is 1200 g/mol. The Hall–Kier alpha value is -9.15. The summed E-state index contributed by atoms with van der Waals surface area (Å²) >= 11 is 0.836. The quantitative estimate of drug-likeness (QED) is 0.0383. The molecule has 0 aliphatic carbocycles. The standard InChI is InChI=1S/C56H77N13O15S/c1-5-30(4)47-55(84)64-37(7-6-20-60-56(58)59)50(79)65-38(21-29(2)3)51(80)67-41(24-33-12-18-36(72)19-13-33)52(81)68-42(25-46(75)76)53(82)66-39(22-31-8-14-34(70)15-9-31)49(78)61-26-44(73)63-43(48(57)77)27-85-28-45(74)62-40(54(83)69-47)23-32-10-16-35(71)17-11-32/h8-19,29-30,37-43,47,70-72H,5-7,20-28H2,1-4H3,(H2,57,77)(H,61,78)(H,62,74)(H,63,73)(H,64,84)(H,65,79)(H,66,82)(H,67,80)(H,68,81)(H,69,83)(H,75,76)(H4,58,59,60)/t30-,37-,38-,39-,40-,41-,42-,43-,47-/m0/s1. The number of carboxylic acids is 1. The number of hydrogen-bond acceptors (Lipinski definition) is 16. The average Bonchev–Trinajstić information content (AvgIpc) is 3.57. The molecule has 0 spiro atoms. The number of carbonyl (C=O) groups excluding carboxylic acids is 10. The van der Waals surface area contributed by atoms with Crippen LogP contribution in [0.1, 0.15) is 76.5 Å². The van der Waals surface area contributed by atoms with Gasteiger partial charge in [-0.25, -0.2) is 0 Å². The predicted octanol–water partition coefficient (Wildman–Crippen LogP) is -2.32. The number of carboxylic acid groups (broad SMARTS) is 1. The number of primary amides is 1. The Bertz CT molecular complexity index is 2860. The highest BCUT2D eigenvalue weighted by Crippen LogP contribution is 2.18. The van der Waals surface area contributed by atoms with E-state index in [1.807, 2.05) is 0 Å². The second kappa shape index (κ2) is 33.8. The van der Waals surface area contributed by atoms with Crippen LogP contribution in [-0.4, -0.2) is 164 Å². The third-order valence-corrected chi connectivity index (χ3v) is 14.4. The summed E-state index contributed by atoms with van der Waals surface area (Å²) in [5.41, 5.74) is 17.9. The van der Waals surface area contributed by atoms with Gasteiger partial charge in [0, 0.05) is 31.6 Å². The van der Waals surface area contributed by atoms with Crippen molar-refractivity contribution < 1.29 is 73.2 Å². The van der Waals surface area contributed by atoms with Crippen LogP contribution < -0.4 is 65.1 Å². The summed E-state index contributed by atoms with van der Waals surface area (Å²) in [6, 6.07) is 4.45. The molecule has 10 amide bonds. The number of amides is 10. The molecule has 462 valence electrons. The number of thioether (sulfide) groups is 1. The number of phenolic OH excluding ortho intramolecular Hbond substituents is 3. The van der Waals surface area contributed by atoms with Gasteiger partial charge in [-0.15, -0.1) is 11.8 Å². The number of nitrogens with two attached hydrogens (primary N) is 3. The second-order valence-electron chi connectivity index (χ2n) is 20.8. The highest BCUT2D eigenvalue weighted by Gasteiger charge is 2.37. The number of aromatic hydroxyl groups is 3. The van der Waals surface area contributed by atoms with Crippen LogP contribution in [0.2, 0.25) is 0 Å². The molecule has 1 heterocycles. The lowest BCUT2D eigenvalue weighted by atomic mass is 9.96. The Morgan fingerprint density at radius 3 is 1.48 bits per heavy atom. The molecule has 1 fully saturated rings. The van der Waals surface area contributed by atoms with Crippen LogP contribution in [0.25, 0.3) is 0 Å². The third-order valence-electron chi connectivity index (χ3n) is 13.4. The molecule has 85 heavy (non-hydrogen) atoms. The first kappa shape index (κ1) is 68.3. The fourth-order valence-corrected chi connectivity index (χ4v) is 9.50. The molecule has 3 aromatic rings. The number of rotatable bonds is 17. The molecule has 1 aliphatic heterocycles. The molecule has 1 saturated heterocycles. The van der Waals surface area contributed by atoms with E-state index in [0.29, 0.717) is 23.1 Å². The van der Waals surface area contributed by atoms with E-state index in [0.717, 1.165) is 11.8 Å². The summed E-state index contributed by atoms with van der Waals surface area (Å²) < 4.78 is 0. The molecule has 0 saturated carbocycles. The van der Waals surface area contributed by atoms with Crippen LogP contribution in [0, 0.1) is 11.8 Å². The zero-order chi connectivity index (χ0) is 62.9. The summed E-state index contributed by atoms with van der Waals surface area (Å²) in [4.78, 5) is 157. The normalized spacial score (nSPS) is 22.7. The number of nitrogens with one attached hydrogen (secondary N) is 9. The number of phenols is 3. The van der Waals surface area contributed by atoms with E-state index in [4.69, 9.17) is 17.2 Å². The Kier molecular flexibility index (Phi) is 27.2. The molecule has 3 aromatic carbocycles. The third kappa shape index (κ3) is 23.9. The van der Waals surface area contributed by atoms with E-state index in [1.165, 1.54) is 72.8 Å². The van der Waals surface area contributed by atoms with Gasteiger partial charge in [-0.2, -0.15) is 0 Å². The van der Waals surface area contributed by atoms with Crippen LogP contribution in [0.4, 0.5) is 0 Å². The van der Waals surface area contributed by atoms with Crippen molar-refractivity contribution in [2.45, 2.75) is 127 Å². The molecule has 9 atom stereocenters. The van der Waals surface area contributed by atoms with Crippen LogP contribution in [0.5, 0.6) is 17.2 Å². The highest BCUT2D eigenvalue weighted by atomic mass is 32.2. The van der Waals surface area contributed by atoms with Crippen LogP contribution in [0.3, 0.4) is 0 Å². The zero-order valence-corrected chi connectivity index (χ0v) is 48.4. The van der Waals surface area contributed by atoms with E-state index in [-0.39, 0.29) is 79.9 Å². The van der Waals surface area contributed by atoms with E-state index < -0.39 is 138 Å². The Labute approximate surface area is 494 Å². The number of benzene rings is 3. The van der Waals surface area contributed by atoms with Crippen molar-refractivity contribution in [1.82, 2.24) is 47.9 Å². The number of aliphatic imine (C=N–C) groups is 1. The van der Waals surface area contributed by atoms with Gasteiger partial charge in [-0.3, -0.25) is 57.7 Å². The molecule has 0 aromatic heterocycles. The van der Waals surface area contributed by atoms with Gasteiger partial charge in [0.15, 0.2) is 5.96 Å². The fourth-order valence-electron chi connectivity index (χ4n) is 8.63. The molecule has 29 heteroatoms. The summed E-state index contributed by atoms with van der Waals surface area (Å²) in [5.74, 6) is -13.3. The number of hydrogen-bond donors (Lipinski definition) is 16. The van der Waals surface area contributed by atoms with Gasteiger partial charge in [0.2, 0.25) is 59.1 Å². The molecular weight excluding hydrogens is 1130 g/mol. The van der Waals surface area contributed by atoms with E-state index >= 15 is 0 Å². The fraction of sp³-hybridized carbons (Fsp3) is 0.464. The first-order chi connectivity index (χ1) is 40.2. The van der Waals surface area contributed by atoms with Crippen molar-refractivity contribution in [3.63, 3.8) is 0 Å². The van der Waals surface area contributed by atoms with Gasteiger partial charge in [-0.1, -0.05) is 70.5 Å². The Balaban J connectivity index is 1.83. The molecule has 4 rings (SSSR count). The van der Waals surface area contributed by atoms with Gasteiger partial charge in [-0.05, 0) is 84.2 Å². The largest absolute Gasteiger partial charge is 0.508 e. The molecular formula is C56H77N13O15S. The Morgan fingerprint density at radius 1 is 0.565 bits per heavy atom. The smallest absolute Gasteiger partial charge is 0.305 e. The number of nitrogens with zero attached hydrogens (tertiary/aromatic N) is 1. The van der Waals surface area contributed by atoms with Crippen molar-refractivity contribution in [1.29, 1.82) is 0 Å². The summed E-state index contributed by atoms with van der Waals surface area (Å²) in [6.07, 6.45) is -1.64. The van der Waals surface area contributed by atoms with Gasteiger partial charge in [0.1, 0.15) is 65.6 Å². The number of guanidine groups is 1. The predicted molar refractivity (Wildman–Crippen MR) is 311 cm³/mol. The minimum atomic E-state index is -1.94. The minimum Gasteiger partial charge on any atom is -0.508 e. The lowest BCUT2D eigenvalue weighted by Crippen LogP contribution is -2.61. The van der Waals surface area contributed by atoms with Crippen LogP contribution in [0.15, 0.2) is 77.8 Å². The first-order valence-corrected chi connectivity index (χ1v) is 28.5. The first-order valence-electron chi connectivity index (χ1n) is 27.4. The van der Waals surface area contributed by atoms with Crippen molar-refractivity contribution in [2.24, 2.45) is 34.0 Å². The SMILES string of the molecule is CC[C@H](C)[C@@H]1NC(=O)[C@H](Cc2ccc(O)cc2)NC(=O)CSC[C@@H](C(N)=O)NC(=O)CNC(=O)[C@H](Cc2ccc(O)cc2)NC(=O)[C@H](CC(=O)O)NC(=O)[C@H](Cc2ccc(O)cc2)NC(=O)[C@H](CC(C)C)NC(=O)[C@H](CCCN=C(N)N)NC1=O. The van der Waals surface area contributed by atoms with Gasteiger partial charge in [0.05, 0.1) is 18.7 Å². The topological polar surface area (TPSA) is 467 Å². The van der Waals surface area contributed by atoms with Crippen LogP contribution in [-0.2, 0) is 72.0 Å². The second-order valence-corrected chi connectivity index (χ2v) is 21.9. The van der Waals surface area contributed by atoms with Gasteiger partial charge >= 0.3 is 5.97 Å². The van der Waals surface area contributed by atoms with E-state index in [1.54, 1.807) is 27.7 Å². The molecule has 0 radical (unpaired) electrons. The Morgan fingerprint density at radius 2 is 1.00 bits per heavy atom. The van der Waals surface area contributed by atoms with Crippen molar-refractivity contribution in [3.05, 3.63) is 89.5 Å². The van der Waals surface area contributed by atoms with Crippen LogP contribution >= 0.6 is 11.8 Å². The molecule has 0 unspecified atom stereocenters. The molecule has 1 aliphatic rings. The van der Waals surface area contributed by atoms with Crippen molar-refractivity contribution in [2.75, 3.05) is 24.6 Å². The van der Waals surface area contributed by atoms with E-state index in [2.05, 4.69) is 52.8 Å². The maximum atomic E-state index is 14.6. The maximum Gasteiger partial charge on any atom is 0.305 e. The lowest BCUT2D eigenvalue weighted by Gasteiger charge is -2.30. The van der Waals surface area contributed by atoms with Crippen molar-refractivity contribution >= 4 is 82.8 Å². The lowest BCUT2D eigenvalue weighted by molar-refractivity contribution is -0.141. The summed E-state index contributed by atoms with van der Waals surface area (Å²) in [6.45, 7) is 6.08. The zero-order valence-electron chi connectivity index (χ0n) is 47.6. The van der Waals surface area contributed by atoms with Crippen molar-refractivity contribution in [3.8, 4) is 17.2 Å². The maximum absolute atomic E-state index is 14.6. The van der Waals surface area contributed by atoms with Gasteiger partial charge < -0.3 is 85.5 Å².